The van der Waals surface area contributed by atoms with Crippen LogP contribution in [0.2, 0.25) is 0 Å². The van der Waals surface area contributed by atoms with Gasteiger partial charge in [0.25, 0.3) is 0 Å². The van der Waals surface area contributed by atoms with Crippen molar-refractivity contribution in [3.8, 4) is 0 Å². The third kappa shape index (κ3) is 3.02. The van der Waals surface area contributed by atoms with Crippen LogP contribution in [0.4, 0.5) is 0 Å². The van der Waals surface area contributed by atoms with Gasteiger partial charge < -0.3 is 15.3 Å². The Bertz CT molecular complexity index is 326. The van der Waals surface area contributed by atoms with Crippen LogP contribution in [-0.4, -0.2) is 47.1 Å². The summed E-state index contributed by atoms with van der Waals surface area (Å²) in [5.41, 5.74) is 0. The summed E-state index contributed by atoms with van der Waals surface area (Å²) in [7, 11) is 0. The molecule has 5 heteroatoms. The molecule has 2 rings (SSSR count). The first-order chi connectivity index (χ1) is 8.58. The summed E-state index contributed by atoms with van der Waals surface area (Å²) in [6.07, 6.45) is 4.38. The molecule has 102 valence electrons. The molecule has 1 aliphatic heterocycles. The van der Waals surface area contributed by atoms with Crippen molar-refractivity contribution in [3.05, 3.63) is 0 Å². The van der Waals surface area contributed by atoms with Crippen LogP contribution in [0.5, 0.6) is 0 Å². The molecule has 1 amide bonds. The number of carbonyl (C=O) groups is 2. The largest absolute Gasteiger partial charge is 0.481 e. The minimum absolute atomic E-state index is 0.0198. The van der Waals surface area contributed by atoms with Gasteiger partial charge in [-0.1, -0.05) is 19.8 Å². The van der Waals surface area contributed by atoms with E-state index in [0.29, 0.717) is 18.5 Å². The standard InChI is InChI=1S/C13H22N2O3/c1-9-7-14-11(6-12(16)17)13(18)15(8-9)10-4-2-3-5-10/h9-11,14H,2-8H2,1H3,(H,16,17). The van der Waals surface area contributed by atoms with Crippen molar-refractivity contribution in [1.82, 2.24) is 10.2 Å². The quantitative estimate of drug-likeness (QED) is 0.783. The minimum atomic E-state index is -0.915. The Labute approximate surface area is 108 Å². The predicted octanol–water partition coefficient (Wildman–Crippen LogP) is 0.840. The van der Waals surface area contributed by atoms with Gasteiger partial charge in [0.1, 0.15) is 0 Å². The van der Waals surface area contributed by atoms with Gasteiger partial charge in [-0.25, -0.2) is 0 Å². The van der Waals surface area contributed by atoms with Gasteiger partial charge in [-0.3, -0.25) is 9.59 Å². The summed E-state index contributed by atoms with van der Waals surface area (Å²) in [4.78, 5) is 25.2. The Morgan fingerprint density at radius 1 is 1.44 bits per heavy atom. The highest BCUT2D eigenvalue weighted by molar-refractivity contribution is 5.86. The van der Waals surface area contributed by atoms with Crippen molar-refractivity contribution in [2.24, 2.45) is 5.92 Å². The van der Waals surface area contributed by atoms with Crippen LogP contribution in [0.15, 0.2) is 0 Å². The molecule has 5 nitrogen and oxygen atoms in total. The van der Waals surface area contributed by atoms with E-state index in [1.165, 1.54) is 12.8 Å². The second-order valence-electron chi connectivity index (χ2n) is 5.59. The topological polar surface area (TPSA) is 69.6 Å². The van der Waals surface area contributed by atoms with Gasteiger partial charge >= 0.3 is 5.97 Å². The fraction of sp³-hybridized carbons (Fsp3) is 0.846. The molecule has 2 fully saturated rings. The minimum Gasteiger partial charge on any atom is -0.481 e. The number of amides is 1. The van der Waals surface area contributed by atoms with E-state index in [1.54, 1.807) is 0 Å². The first-order valence-corrected chi connectivity index (χ1v) is 6.83. The molecule has 2 aliphatic rings. The monoisotopic (exact) mass is 254 g/mol. The number of hydrogen-bond donors (Lipinski definition) is 2. The predicted molar refractivity (Wildman–Crippen MR) is 67.2 cm³/mol. The van der Waals surface area contributed by atoms with Crippen LogP contribution in [0.3, 0.4) is 0 Å². The van der Waals surface area contributed by atoms with Crippen LogP contribution in [-0.2, 0) is 9.59 Å². The summed E-state index contributed by atoms with van der Waals surface area (Å²) < 4.78 is 0. The van der Waals surface area contributed by atoms with Gasteiger partial charge in [0.05, 0.1) is 12.5 Å². The second-order valence-corrected chi connectivity index (χ2v) is 5.59. The smallest absolute Gasteiger partial charge is 0.305 e. The number of hydrogen-bond acceptors (Lipinski definition) is 3. The van der Waals surface area contributed by atoms with E-state index in [4.69, 9.17) is 5.11 Å². The lowest BCUT2D eigenvalue weighted by atomic mass is 10.1. The maximum absolute atomic E-state index is 12.4. The van der Waals surface area contributed by atoms with E-state index in [2.05, 4.69) is 12.2 Å². The molecule has 1 saturated carbocycles. The zero-order valence-electron chi connectivity index (χ0n) is 10.9. The molecule has 2 unspecified atom stereocenters. The molecule has 0 aromatic heterocycles. The zero-order valence-corrected chi connectivity index (χ0v) is 10.9. The third-order valence-electron chi connectivity index (χ3n) is 3.95. The van der Waals surface area contributed by atoms with Crippen molar-refractivity contribution in [2.75, 3.05) is 13.1 Å². The van der Waals surface area contributed by atoms with Gasteiger partial charge in [-0.05, 0) is 18.8 Å². The highest BCUT2D eigenvalue weighted by Gasteiger charge is 2.35. The van der Waals surface area contributed by atoms with Crippen molar-refractivity contribution >= 4 is 11.9 Å². The van der Waals surface area contributed by atoms with Crippen LogP contribution in [0.1, 0.15) is 39.0 Å². The molecule has 0 aromatic carbocycles. The zero-order chi connectivity index (χ0) is 13.1. The van der Waals surface area contributed by atoms with Crippen molar-refractivity contribution in [1.29, 1.82) is 0 Å². The molecule has 0 spiro atoms. The third-order valence-corrected chi connectivity index (χ3v) is 3.95. The Kier molecular flexibility index (Phi) is 4.22. The van der Waals surface area contributed by atoms with E-state index in [0.717, 1.165) is 19.4 Å². The maximum atomic E-state index is 12.4. The lowest BCUT2D eigenvalue weighted by Crippen LogP contribution is -2.48. The van der Waals surface area contributed by atoms with E-state index in [9.17, 15) is 9.59 Å². The Hall–Kier alpha value is -1.10. The maximum Gasteiger partial charge on any atom is 0.305 e. The summed E-state index contributed by atoms with van der Waals surface area (Å²) >= 11 is 0. The van der Waals surface area contributed by atoms with Crippen LogP contribution in [0.25, 0.3) is 0 Å². The Morgan fingerprint density at radius 2 is 2.11 bits per heavy atom. The SMILES string of the molecule is CC1CNC(CC(=O)O)C(=O)N(C2CCCC2)C1. The van der Waals surface area contributed by atoms with Crippen LogP contribution >= 0.6 is 0 Å². The second kappa shape index (κ2) is 5.69. The summed E-state index contributed by atoms with van der Waals surface area (Å²) in [6, 6.07) is -0.218. The number of carbonyl (C=O) groups excluding carboxylic acids is 1. The lowest BCUT2D eigenvalue weighted by Gasteiger charge is -2.30. The number of rotatable bonds is 3. The molecular weight excluding hydrogens is 232 g/mol. The van der Waals surface area contributed by atoms with Gasteiger partial charge in [-0.2, -0.15) is 0 Å². The summed E-state index contributed by atoms with van der Waals surface area (Å²) in [6.45, 7) is 3.57. The molecule has 1 heterocycles. The molecular formula is C13H22N2O3. The highest BCUT2D eigenvalue weighted by atomic mass is 16.4. The first kappa shape index (κ1) is 13.3. The average Bonchev–Trinajstić information content (AvgIpc) is 2.79. The normalized spacial score (nSPS) is 30.5. The van der Waals surface area contributed by atoms with Crippen LogP contribution in [0, 0.1) is 5.92 Å². The number of aliphatic carboxylic acids is 1. The highest BCUT2D eigenvalue weighted by Crippen LogP contribution is 2.26. The van der Waals surface area contributed by atoms with Gasteiger partial charge in [-0.15, -0.1) is 0 Å². The summed E-state index contributed by atoms with van der Waals surface area (Å²) in [5, 5.41) is 12.0. The Balaban J connectivity index is 2.09. The number of nitrogens with one attached hydrogen (secondary N) is 1. The molecule has 18 heavy (non-hydrogen) atoms. The van der Waals surface area contributed by atoms with Crippen molar-refractivity contribution in [3.63, 3.8) is 0 Å². The molecule has 1 saturated heterocycles. The molecule has 0 bridgehead atoms. The first-order valence-electron chi connectivity index (χ1n) is 6.83. The number of nitrogens with zero attached hydrogens (tertiary/aromatic N) is 1. The molecule has 2 atom stereocenters. The number of carboxylic acid groups (broad SMARTS) is 1. The van der Waals surface area contributed by atoms with Gasteiger partial charge in [0.2, 0.25) is 5.91 Å². The fourth-order valence-electron chi connectivity index (χ4n) is 3.00. The van der Waals surface area contributed by atoms with E-state index in [1.807, 2.05) is 4.90 Å². The molecule has 1 aliphatic carbocycles. The Morgan fingerprint density at radius 3 is 2.72 bits per heavy atom. The van der Waals surface area contributed by atoms with Crippen LogP contribution < -0.4 is 5.32 Å². The fourth-order valence-corrected chi connectivity index (χ4v) is 3.00. The van der Waals surface area contributed by atoms with Crippen molar-refractivity contribution < 1.29 is 14.7 Å². The summed E-state index contributed by atoms with van der Waals surface area (Å²) in [5.74, 6) is -0.552. The van der Waals surface area contributed by atoms with Gasteiger partial charge in [0, 0.05) is 19.1 Å². The molecule has 0 aromatic rings. The number of carboxylic acids is 1. The average molecular weight is 254 g/mol. The molecule has 0 radical (unpaired) electrons. The van der Waals surface area contributed by atoms with Crippen molar-refractivity contribution in [2.45, 2.75) is 51.1 Å². The van der Waals surface area contributed by atoms with Gasteiger partial charge in [0.15, 0.2) is 0 Å². The van der Waals surface area contributed by atoms with E-state index >= 15 is 0 Å². The van der Waals surface area contributed by atoms with E-state index in [-0.39, 0.29) is 12.3 Å². The van der Waals surface area contributed by atoms with E-state index < -0.39 is 12.0 Å². The lowest BCUT2D eigenvalue weighted by molar-refractivity contribution is -0.143. The molecule has 2 N–H and O–H groups in total.